The highest BCUT2D eigenvalue weighted by Crippen LogP contribution is 2.32. The molecule has 0 aliphatic rings. The second-order valence-electron chi connectivity index (χ2n) is 4.57. The Bertz CT molecular complexity index is 934. The van der Waals surface area contributed by atoms with E-state index in [0.29, 0.717) is 15.7 Å². The van der Waals surface area contributed by atoms with Crippen LogP contribution in [0.5, 0.6) is 0 Å². The Hall–Kier alpha value is -1.56. The van der Waals surface area contributed by atoms with Crippen LogP contribution in [0.25, 0.3) is 20.2 Å². The fourth-order valence-electron chi connectivity index (χ4n) is 2.32. The van der Waals surface area contributed by atoms with E-state index in [1.165, 1.54) is 11.3 Å². The molecule has 1 aromatic heterocycles. The molecule has 0 saturated carbocycles. The Balaban J connectivity index is 2.44. The van der Waals surface area contributed by atoms with Crippen molar-refractivity contribution in [2.75, 3.05) is 6.61 Å². The van der Waals surface area contributed by atoms with Crippen molar-refractivity contribution >= 4 is 59.1 Å². The van der Waals surface area contributed by atoms with Crippen molar-refractivity contribution in [1.29, 1.82) is 0 Å². The summed E-state index contributed by atoms with van der Waals surface area (Å²) in [7, 11) is 6.84. The van der Waals surface area contributed by atoms with Gasteiger partial charge in [0.1, 0.15) is 0 Å². The van der Waals surface area contributed by atoms with Gasteiger partial charge in [0.05, 0.1) is 17.6 Å². The number of ether oxygens (including phenoxy) is 1. The lowest BCUT2D eigenvalue weighted by molar-refractivity contribution is 0.0528. The van der Waals surface area contributed by atoms with Crippen molar-refractivity contribution in [2.45, 2.75) is 11.8 Å². The van der Waals surface area contributed by atoms with Crippen LogP contribution >= 0.6 is 33.0 Å². The molecule has 0 saturated heterocycles. The zero-order valence-corrected chi connectivity index (χ0v) is 14.0. The molecule has 2 aromatic carbocycles. The molecule has 0 N–H and O–H groups in total. The van der Waals surface area contributed by atoms with E-state index in [4.69, 9.17) is 15.4 Å². The lowest BCUT2D eigenvalue weighted by Crippen LogP contribution is -2.11. The fourth-order valence-corrected chi connectivity index (χ4v) is 4.13. The Kier molecular flexibility index (Phi) is 4.38. The van der Waals surface area contributed by atoms with Crippen LogP contribution in [0.3, 0.4) is 0 Å². The maximum Gasteiger partial charge on any atom is 0.338 e. The quantitative estimate of drug-likeness (QED) is 0.501. The molecular weight excluding hydrogens is 340 g/mol. The Morgan fingerprint density at radius 1 is 1.27 bits per heavy atom. The van der Waals surface area contributed by atoms with E-state index in [1.807, 2.05) is 24.3 Å². The molecule has 0 amide bonds. The van der Waals surface area contributed by atoms with Crippen molar-refractivity contribution in [3.63, 3.8) is 0 Å². The summed E-state index contributed by atoms with van der Waals surface area (Å²) >= 11 is 1.46. The lowest BCUT2D eigenvalue weighted by Gasteiger charge is -2.08. The normalized spacial score (nSPS) is 11.0. The van der Waals surface area contributed by atoms with E-state index in [-0.39, 0.29) is 17.6 Å². The van der Waals surface area contributed by atoms with Crippen LogP contribution in [0.15, 0.2) is 46.1 Å². The maximum atomic E-state index is 12.8. The second kappa shape index (κ2) is 6.28. The van der Waals surface area contributed by atoms with Crippen molar-refractivity contribution < 1.29 is 9.53 Å². The highest BCUT2D eigenvalue weighted by Gasteiger charge is 2.17. The fraction of sp³-hybridized carbons (Fsp3) is 0.125. The van der Waals surface area contributed by atoms with E-state index >= 15 is 0 Å². The number of rotatable bonds is 3. The second-order valence-corrected chi connectivity index (χ2v) is 6.74. The molecule has 6 heteroatoms. The van der Waals surface area contributed by atoms with Gasteiger partial charge in [-0.15, -0.1) is 11.3 Å². The molecule has 112 valence electrons. The minimum absolute atomic E-state index is 0.154. The number of halogens is 1. The predicted octanol–water partition coefficient (Wildman–Crippen LogP) is 4.84. The molecule has 0 atom stereocenters. The molecule has 0 spiro atoms. The highest BCUT2D eigenvalue weighted by atomic mass is 35.7. The monoisotopic (exact) mass is 350 g/mol. The topological polar surface area (TPSA) is 43.4 Å². The summed E-state index contributed by atoms with van der Waals surface area (Å²) in [4.78, 5) is 25.7. The van der Waals surface area contributed by atoms with E-state index in [9.17, 15) is 9.59 Å². The summed E-state index contributed by atoms with van der Waals surface area (Å²) in [5, 5.41) is 1.01. The third-order valence-corrected chi connectivity index (χ3v) is 5.30. The first-order chi connectivity index (χ1) is 10.7. The molecule has 0 aliphatic heterocycles. The van der Waals surface area contributed by atoms with Gasteiger partial charge in [-0.3, -0.25) is 4.79 Å². The van der Waals surface area contributed by atoms with Gasteiger partial charge in [0.2, 0.25) is 0 Å². The molecule has 3 aromatic rings. The van der Waals surface area contributed by atoms with Gasteiger partial charge in [0.15, 0.2) is 5.43 Å². The molecule has 3 rings (SSSR count). The van der Waals surface area contributed by atoms with Crippen molar-refractivity contribution in [3.05, 3.63) is 52.2 Å². The summed E-state index contributed by atoms with van der Waals surface area (Å²) in [6.07, 6.45) is 0. The third kappa shape index (κ3) is 2.60. The van der Waals surface area contributed by atoms with Crippen molar-refractivity contribution in [3.8, 4) is 0 Å². The number of carbonyl (C=O) groups is 1. The predicted molar refractivity (Wildman–Crippen MR) is 93.3 cm³/mol. The molecule has 0 radical (unpaired) electrons. The lowest BCUT2D eigenvalue weighted by atomic mass is 10.1. The average molecular weight is 351 g/mol. The SMILES string of the molecule is CCOC(=O)c1cc(SCl)cc2sc3ccccc3c(=O)c12. The smallest absolute Gasteiger partial charge is 0.338 e. The number of esters is 1. The Morgan fingerprint density at radius 2 is 2.05 bits per heavy atom. The zero-order chi connectivity index (χ0) is 15.7. The first kappa shape index (κ1) is 15.3. The van der Waals surface area contributed by atoms with Crippen LogP contribution in [0.4, 0.5) is 0 Å². The molecule has 0 aliphatic carbocycles. The van der Waals surface area contributed by atoms with Crippen molar-refractivity contribution in [1.82, 2.24) is 0 Å². The largest absolute Gasteiger partial charge is 0.462 e. The van der Waals surface area contributed by atoms with E-state index < -0.39 is 5.97 Å². The van der Waals surface area contributed by atoms with Crippen LogP contribution in [-0.4, -0.2) is 12.6 Å². The number of carbonyl (C=O) groups excluding carboxylic acids is 1. The zero-order valence-electron chi connectivity index (χ0n) is 11.6. The standard InChI is InChI=1S/C16H11ClO3S2/c1-2-20-16(19)11-7-9(22-17)8-13-14(11)15(18)10-5-3-4-6-12(10)21-13/h3-8H,2H2,1H3. The van der Waals surface area contributed by atoms with E-state index in [1.54, 1.807) is 19.1 Å². The molecule has 22 heavy (non-hydrogen) atoms. The Labute approximate surface area is 139 Å². The first-order valence-electron chi connectivity index (χ1n) is 6.61. The van der Waals surface area contributed by atoms with Crippen LogP contribution < -0.4 is 5.43 Å². The summed E-state index contributed by atoms with van der Waals surface area (Å²) in [6, 6.07) is 10.8. The summed E-state index contributed by atoms with van der Waals surface area (Å²) in [6.45, 7) is 1.99. The summed E-state index contributed by atoms with van der Waals surface area (Å²) in [5.74, 6) is -0.500. The molecule has 0 fully saturated rings. The van der Waals surface area contributed by atoms with Gasteiger partial charge in [-0.2, -0.15) is 0 Å². The van der Waals surface area contributed by atoms with Crippen LogP contribution in [-0.2, 0) is 4.74 Å². The van der Waals surface area contributed by atoms with Crippen LogP contribution in [0, 0.1) is 0 Å². The number of fused-ring (bicyclic) bond motifs is 2. The first-order valence-corrected chi connectivity index (χ1v) is 9.07. The van der Waals surface area contributed by atoms with Gasteiger partial charge < -0.3 is 4.74 Å². The van der Waals surface area contributed by atoms with E-state index in [0.717, 1.165) is 20.4 Å². The van der Waals surface area contributed by atoms with Gasteiger partial charge >= 0.3 is 5.97 Å². The maximum absolute atomic E-state index is 12.8. The number of hydrogen-bond acceptors (Lipinski definition) is 5. The molecule has 0 bridgehead atoms. The van der Waals surface area contributed by atoms with Crippen molar-refractivity contribution in [2.24, 2.45) is 0 Å². The highest BCUT2D eigenvalue weighted by molar-refractivity contribution is 8.21. The van der Waals surface area contributed by atoms with Gasteiger partial charge in [-0.05, 0) is 52.8 Å². The number of hydrogen-bond donors (Lipinski definition) is 0. The minimum atomic E-state index is -0.500. The molecule has 1 heterocycles. The average Bonchev–Trinajstić information content (AvgIpc) is 2.54. The van der Waals surface area contributed by atoms with E-state index in [2.05, 4.69) is 0 Å². The summed E-state index contributed by atoms with van der Waals surface area (Å²) < 4.78 is 6.69. The van der Waals surface area contributed by atoms with Crippen LogP contribution in [0.2, 0.25) is 0 Å². The third-order valence-electron chi connectivity index (χ3n) is 3.24. The molecule has 3 nitrogen and oxygen atoms in total. The van der Waals surface area contributed by atoms with Gasteiger partial charge in [0.25, 0.3) is 0 Å². The van der Waals surface area contributed by atoms with Crippen LogP contribution in [0.1, 0.15) is 17.3 Å². The number of benzene rings is 2. The van der Waals surface area contributed by atoms with Gasteiger partial charge in [0, 0.05) is 19.7 Å². The summed E-state index contributed by atoms with van der Waals surface area (Å²) in [5.41, 5.74) is 0.119. The molecular formula is C16H11ClO3S2. The molecule has 0 unspecified atom stereocenters. The Morgan fingerprint density at radius 3 is 2.77 bits per heavy atom. The van der Waals surface area contributed by atoms with Gasteiger partial charge in [-0.25, -0.2) is 4.79 Å². The minimum Gasteiger partial charge on any atom is -0.462 e. The van der Waals surface area contributed by atoms with Gasteiger partial charge in [-0.1, -0.05) is 12.1 Å².